The number of nitrogens with one attached hydrogen (secondary N) is 2. The van der Waals surface area contributed by atoms with Crippen molar-refractivity contribution < 1.29 is 14.7 Å². The fourth-order valence-corrected chi connectivity index (χ4v) is 3.45. The van der Waals surface area contributed by atoms with Crippen LogP contribution in [-0.2, 0) is 11.4 Å². The van der Waals surface area contributed by atoms with E-state index in [2.05, 4.69) is 27.7 Å². The second-order valence-electron chi connectivity index (χ2n) is 7.89. The maximum Gasteiger partial charge on any atom is 0.230 e. The largest absolute Gasteiger partial charge is 0.489 e. The molecule has 0 aromatic carbocycles. The zero-order chi connectivity index (χ0) is 21.3. The number of hydrazine groups is 1. The van der Waals surface area contributed by atoms with E-state index >= 15 is 0 Å². The molecule has 2 aliphatic rings. The Morgan fingerprint density at radius 3 is 2.93 bits per heavy atom. The van der Waals surface area contributed by atoms with Crippen molar-refractivity contribution in [3.05, 3.63) is 24.0 Å². The highest BCUT2D eigenvalue weighted by Gasteiger charge is 2.26. The fourth-order valence-electron chi connectivity index (χ4n) is 3.45. The van der Waals surface area contributed by atoms with Crippen molar-refractivity contribution in [2.45, 2.75) is 39.3 Å². The summed E-state index contributed by atoms with van der Waals surface area (Å²) in [6.45, 7) is 8.41. The van der Waals surface area contributed by atoms with Gasteiger partial charge >= 0.3 is 0 Å². The normalized spacial score (nSPS) is 18.9. The van der Waals surface area contributed by atoms with E-state index in [1.807, 2.05) is 11.5 Å². The molecule has 10 nitrogen and oxygen atoms in total. The van der Waals surface area contributed by atoms with Crippen LogP contribution in [0.1, 0.15) is 32.9 Å². The number of nitrogens with two attached hydrogens (primary N) is 1. The molecule has 0 spiro atoms. The molecule has 2 aromatic rings. The van der Waals surface area contributed by atoms with E-state index in [-0.39, 0.29) is 0 Å². The average molecular weight is 413 g/mol. The lowest BCUT2D eigenvalue weighted by Crippen LogP contribution is -2.36. The van der Waals surface area contributed by atoms with Crippen LogP contribution in [0.5, 0.6) is 5.75 Å². The van der Waals surface area contributed by atoms with Gasteiger partial charge in [-0.1, -0.05) is 11.5 Å². The number of fused-ring (bicyclic) bond motifs is 1. The van der Waals surface area contributed by atoms with Gasteiger partial charge in [0.1, 0.15) is 22.3 Å². The lowest BCUT2D eigenvalue weighted by atomic mass is 10.1. The molecule has 2 aromatic heterocycles. The smallest absolute Gasteiger partial charge is 0.230 e. The summed E-state index contributed by atoms with van der Waals surface area (Å²) in [4.78, 5) is 14.3. The maximum absolute atomic E-state index is 10.0. The van der Waals surface area contributed by atoms with Crippen molar-refractivity contribution in [2.75, 3.05) is 24.7 Å². The molecule has 1 unspecified atom stereocenters. The number of imidazole rings is 1. The first-order chi connectivity index (χ1) is 14.4. The zero-order valence-electron chi connectivity index (χ0n) is 17.4. The SMILES string of the molecule is CCn1c(N2NOC=C2N)nc2c(C#CC(C)(C)O)ncc(OCC3CCNC3)c21. The minimum absolute atomic E-state index is 0.372. The minimum atomic E-state index is -1.15. The molecular weight excluding hydrogens is 386 g/mol. The van der Waals surface area contributed by atoms with E-state index in [0.29, 0.717) is 47.8 Å². The average Bonchev–Trinajstić information content (AvgIpc) is 3.43. The first-order valence-corrected chi connectivity index (χ1v) is 10.0. The quantitative estimate of drug-likeness (QED) is 0.521. The summed E-state index contributed by atoms with van der Waals surface area (Å²) in [6.07, 6.45) is 4.15. The Balaban J connectivity index is 1.82. The summed E-state index contributed by atoms with van der Waals surface area (Å²) in [7, 11) is 0. The van der Waals surface area contributed by atoms with Gasteiger partial charge in [0, 0.05) is 19.0 Å². The molecular formula is C20H27N7O3. The van der Waals surface area contributed by atoms with Crippen molar-refractivity contribution in [1.82, 2.24) is 25.4 Å². The predicted octanol–water partition coefficient (Wildman–Crippen LogP) is 0.576. The van der Waals surface area contributed by atoms with Crippen molar-refractivity contribution in [1.29, 1.82) is 0 Å². The van der Waals surface area contributed by atoms with Crippen molar-refractivity contribution in [3.63, 3.8) is 0 Å². The number of pyridine rings is 1. The van der Waals surface area contributed by atoms with Crippen LogP contribution in [0.3, 0.4) is 0 Å². The molecule has 4 rings (SSSR count). The van der Waals surface area contributed by atoms with E-state index in [9.17, 15) is 5.11 Å². The highest BCUT2D eigenvalue weighted by molar-refractivity contribution is 5.88. The number of aliphatic hydroxyl groups is 1. The number of rotatable bonds is 5. The van der Waals surface area contributed by atoms with Crippen molar-refractivity contribution >= 4 is 17.0 Å². The number of anilines is 1. The second kappa shape index (κ2) is 8.02. The Morgan fingerprint density at radius 1 is 1.47 bits per heavy atom. The summed E-state index contributed by atoms with van der Waals surface area (Å²) in [6, 6.07) is 0. The Labute approximate surface area is 175 Å². The van der Waals surface area contributed by atoms with Crippen molar-refractivity contribution in [2.24, 2.45) is 11.7 Å². The molecule has 2 aliphatic heterocycles. The van der Waals surface area contributed by atoms with E-state index in [0.717, 1.165) is 25.0 Å². The van der Waals surface area contributed by atoms with Crippen LogP contribution < -0.4 is 26.4 Å². The van der Waals surface area contributed by atoms with Gasteiger partial charge in [0.25, 0.3) is 0 Å². The second-order valence-corrected chi connectivity index (χ2v) is 7.89. The van der Waals surface area contributed by atoms with E-state index < -0.39 is 5.60 Å². The first kappa shape index (κ1) is 20.3. The molecule has 1 saturated heterocycles. The summed E-state index contributed by atoms with van der Waals surface area (Å²) >= 11 is 0. The number of hydrogen-bond donors (Lipinski definition) is 4. The van der Waals surface area contributed by atoms with Crippen molar-refractivity contribution in [3.8, 4) is 17.6 Å². The lowest BCUT2D eigenvalue weighted by molar-refractivity contribution is 0.143. The van der Waals surface area contributed by atoms with E-state index in [4.69, 9.17) is 20.3 Å². The van der Waals surface area contributed by atoms with Crippen LogP contribution in [0.2, 0.25) is 0 Å². The molecule has 10 heteroatoms. The summed E-state index contributed by atoms with van der Waals surface area (Å²) in [5.41, 5.74) is 9.40. The van der Waals surface area contributed by atoms with Gasteiger partial charge in [0.2, 0.25) is 5.95 Å². The molecule has 1 atom stereocenters. The summed E-state index contributed by atoms with van der Waals surface area (Å²) in [5.74, 6) is 7.75. The van der Waals surface area contributed by atoms with Crippen LogP contribution in [0.15, 0.2) is 18.3 Å². The summed E-state index contributed by atoms with van der Waals surface area (Å²) < 4.78 is 8.14. The number of aromatic nitrogens is 3. The predicted molar refractivity (Wildman–Crippen MR) is 112 cm³/mol. The maximum atomic E-state index is 10.0. The molecule has 5 N–H and O–H groups in total. The third-order valence-electron chi connectivity index (χ3n) is 4.94. The van der Waals surface area contributed by atoms with Gasteiger partial charge in [-0.3, -0.25) is 0 Å². The van der Waals surface area contributed by atoms with Crippen LogP contribution in [0, 0.1) is 17.8 Å². The zero-order valence-corrected chi connectivity index (χ0v) is 17.4. The molecule has 160 valence electrons. The van der Waals surface area contributed by atoms with Gasteiger partial charge in [-0.25, -0.2) is 9.97 Å². The van der Waals surface area contributed by atoms with Crippen LogP contribution >= 0.6 is 0 Å². The molecule has 30 heavy (non-hydrogen) atoms. The van der Waals surface area contributed by atoms with Crippen LogP contribution in [0.25, 0.3) is 11.0 Å². The Bertz CT molecular complexity index is 1020. The van der Waals surface area contributed by atoms with Gasteiger partial charge in [0.15, 0.2) is 17.8 Å². The Morgan fingerprint density at radius 2 is 2.30 bits per heavy atom. The van der Waals surface area contributed by atoms with E-state index in [1.165, 1.54) is 6.26 Å². The molecule has 0 amide bonds. The van der Waals surface area contributed by atoms with Crippen LogP contribution in [-0.4, -0.2) is 44.9 Å². The minimum Gasteiger partial charge on any atom is -0.489 e. The van der Waals surface area contributed by atoms with Gasteiger partial charge in [-0.05, 0) is 39.7 Å². The number of hydrogen-bond acceptors (Lipinski definition) is 9. The molecule has 1 fully saturated rings. The third kappa shape index (κ3) is 4.00. The standard InChI is InChI=1S/C20H27N7O3/c1-4-26-18-15(29-11-13-6-8-22-9-13)10-23-14(5-7-20(2,3)28)17(18)24-19(26)27-16(21)12-30-25-27/h10,12-13,22,25,28H,4,6,8-9,11,21H2,1-3H3. The van der Waals surface area contributed by atoms with Gasteiger partial charge in [0.05, 0.1) is 12.8 Å². The highest BCUT2D eigenvalue weighted by atomic mass is 16.7. The lowest BCUT2D eigenvalue weighted by Gasteiger charge is -2.18. The van der Waals surface area contributed by atoms with Gasteiger partial charge < -0.3 is 30.3 Å². The molecule has 0 radical (unpaired) electrons. The molecule has 0 saturated carbocycles. The summed E-state index contributed by atoms with van der Waals surface area (Å²) in [5, 5.41) is 14.9. The number of nitrogens with zero attached hydrogens (tertiary/aromatic N) is 4. The van der Waals surface area contributed by atoms with Gasteiger partial charge in [-0.2, -0.15) is 5.01 Å². The first-order valence-electron chi connectivity index (χ1n) is 10.0. The highest BCUT2D eigenvalue weighted by Crippen LogP contribution is 2.32. The monoisotopic (exact) mass is 413 g/mol. The Hall–Kier alpha value is -3.00. The van der Waals surface area contributed by atoms with Gasteiger partial charge in [-0.15, -0.1) is 0 Å². The fraction of sp³-hybridized carbons (Fsp3) is 0.500. The molecule has 0 aliphatic carbocycles. The van der Waals surface area contributed by atoms with E-state index in [1.54, 1.807) is 25.1 Å². The number of ether oxygens (including phenoxy) is 1. The molecule has 0 bridgehead atoms. The van der Waals surface area contributed by atoms with Crippen LogP contribution in [0.4, 0.5) is 5.95 Å². The Kier molecular flexibility index (Phi) is 5.42. The topological polar surface area (TPSA) is 123 Å². The number of aryl methyl sites for hydroxylation is 1. The third-order valence-corrected chi connectivity index (χ3v) is 4.94. The molecule has 4 heterocycles.